The van der Waals surface area contributed by atoms with Crippen molar-refractivity contribution in [2.24, 2.45) is 17.8 Å². The first-order valence-electron chi connectivity index (χ1n) is 7.44. The minimum Gasteiger partial charge on any atom is -0.313 e. The third-order valence-electron chi connectivity index (χ3n) is 4.42. The van der Waals surface area contributed by atoms with Crippen LogP contribution >= 0.6 is 15.9 Å². The highest BCUT2D eigenvalue weighted by Crippen LogP contribution is 2.40. The molecule has 0 radical (unpaired) electrons. The summed E-state index contributed by atoms with van der Waals surface area (Å²) in [5, 5.41) is 3.56. The summed E-state index contributed by atoms with van der Waals surface area (Å²) in [7, 11) is 2.10. The molecule has 1 nitrogen and oxygen atoms in total. The number of hydrogen-bond donors (Lipinski definition) is 1. The number of halogens is 1. The van der Waals surface area contributed by atoms with Gasteiger partial charge in [-0.15, -0.1) is 0 Å². The Bertz CT molecular complexity index is 399. The number of rotatable bonds is 3. The molecule has 1 N–H and O–H groups in total. The number of hydrogen-bond acceptors (Lipinski definition) is 1. The van der Waals surface area contributed by atoms with Gasteiger partial charge in [0.25, 0.3) is 0 Å². The van der Waals surface area contributed by atoms with Crippen molar-refractivity contribution < 1.29 is 0 Å². The lowest BCUT2D eigenvalue weighted by Gasteiger charge is -2.37. The zero-order valence-electron chi connectivity index (χ0n) is 12.5. The van der Waals surface area contributed by atoms with Crippen molar-refractivity contribution in [2.45, 2.75) is 46.1 Å². The van der Waals surface area contributed by atoms with Gasteiger partial charge in [-0.1, -0.05) is 35.8 Å². The Morgan fingerprint density at radius 2 is 1.74 bits per heavy atom. The maximum atomic E-state index is 3.63. The van der Waals surface area contributed by atoms with Crippen molar-refractivity contribution in [3.8, 4) is 0 Å². The van der Waals surface area contributed by atoms with E-state index in [9.17, 15) is 0 Å². The van der Waals surface area contributed by atoms with Gasteiger partial charge < -0.3 is 5.32 Å². The van der Waals surface area contributed by atoms with Crippen molar-refractivity contribution in [3.63, 3.8) is 0 Å². The fraction of sp³-hybridized carbons (Fsp3) is 0.647. The van der Waals surface area contributed by atoms with E-state index >= 15 is 0 Å². The molecule has 0 aliphatic heterocycles. The lowest BCUT2D eigenvalue weighted by molar-refractivity contribution is 0.180. The molecule has 3 unspecified atom stereocenters. The van der Waals surface area contributed by atoms with Crippen molar-refractivity contribution in [3.05, 3.63) is 33.8 Å². The molecule has 1 aliphatic carbocycles. The van der Waals surface area contributed by atoms with Crippen LogP contribution < -0.4 is 5.32 Å². The Hall–Kier alpha value is -0.340. The van der Waals surface area contributed by atoms with Crippen molar-refractivity contribution in [2.75, 3.05) is 7.05 Å². The van der Waals surface area contributed by atoms with E-state index in [1.54, 1.807) is 0 Å². The van der Waals surface area contributed by atoms with Crippen LogP contribution in [0.4, 0.5) is 0 Å². The van der Waals surface area contributed by atoms with Crippen LogP contribution in [0.15, 0.2) is 22.7 Å². The largest absolute Gasteiger partial charge is 0.313 e. The van der Waals surface area contributed by atoms with Crippen LogP contribution in [-0.4, -0.2) is 7.05 Å². The van der Waals surface area contributed by atoms with E-state index in [2.05, 4.69) is 67.3 Å². The summed E-state index contributed by atoms with van der Waals surface area (Å²) in [6, 6.07) is 7.28. The fourth-order valence-corrected chi connectivity index (χ4v) is 4.53. The Kier molecular flexibility index (Phi) is 5.08. The quantitative estimate of drug-likeness (QED) is 0.816. The van der Waals surface area contributed by atoms with Crippen LogP contribution in [0.1, 0.15) is 50.3 Å². The number of nitrogens with one attached hydrogen (secondary N) is 1. The first-order chi connectivity index (χ1) is 8.99. The van der Waals surface area contributed by atoms with E-state index in [4.69, 9.17) is 0 Å². The molecular weight excluding hydrogens is 298 g/mol. The molecule has 0 aromatic heterocycles. The Morgan fingerprint density at radius 3 is 2.26 bits per heavy atom. The summed E-state index contributed by atoms with van der Waals surface area (Å²) in [5.41, 5.74) is 2.77. The van der Waals surface area contributed by atoms with E-state index in [-0.39, 0.29) is 0 Å². The van der Waals surface area contributed by atoms with Gasteiger partial charge >= 0.3 is 0 Å². The molecule has 0 saturated heterocycles. The normalized spacial score (nSPS) is 29.2. The summed E-state index contributed by atoms with van der Waals surface area (Å²) in [4.78, 5) is 0. The van der Waals surface area contributed by atoms with E-state index in [1.807, 2.05) is 0 Å². The van der Waals surface area contributed by atoms with Crippen LogP contribution in [-0.2, 0) is 0 Å². The molecule has 1 aromatic carbocycles. The number of benzene rings is 1. The summed E-state index contributed by atoms with van der Waals surface area (Å²) < 4.78 is 1.19. The predicted molar refractivity (Wildman–Crippen MR) is 86.3 cm³/mol. The highest BCUT2D eigenvalue weighted by Gasteiger charge is 2.30. The van der Waals surface area contributed by atoms with Crippen molar-refractivity contribution in [1.82, 2.24) is 5.32 Å². The van der Waals surface area contributed by atoms with Gasteiger partial charge in [0.05, 0.1) is 0 Å². The van der Waals surface area contributed by atoms with E-state index in [0.717, 1.165) is 17.8 Å². The lowest BCUT2D eigenvalue weighted by Crippen LogP contribution is -2.31. The zero-order chi connectivity index (χ0) is 14.0. The molecule has 3 atom stereocenters. The molecular formula is C17H26BrN. The van der Waals surface area contributed by atoms with Crippen LogP contribution in [0, 0.1) is 24.7 Å². The molecule has 0 spiro atoms. The van der Waals surface area contributed by atoms with Gasteiger partial charge in [-0.05, 0) is 74.2 Å². The van der Waals surface area contributed by atoms with Gasteiger partial charge in [-0.25, -0.2) is 0 Å². The molecule has 1 aliphatic rings. The van der Waals surface area contributed by atoms with E-state index < -0.39 is 0 Å². The Balaban J connectivity index is 2.23. The third kappa shape index (κ3) is 3.82. The SMILES string of the molecule is CNC(c1cc(C)cc(Br)c1)C1CC(C)CC(C)C1. The summed E-state index contributed by atoms with van der Waals surface area (Å²) in [5.74, 6) is 2.48. The predicted octanol–water partition coefficient (Wildman–Crippen LogP) is 5.09. The summed E-state index contributed by atoms with van der Waals surface area (Å²) >= 11 is 3.63. The smallest absolute Gasteiger partial charge is 0.0346 e. The first kappa shape index (κ1) is 15.1. The van der Waals surface area contributed by atoms with Crippen LogP contribution in [0.25, 0.3) is 0 Å². The van der Waals surface area contributed by atoms with Gasteiger partial charge in [0.2, 0.25) is 0 Å². The van der Waals surface area contributed by atoms with Gasteiger partial charge in [-0.2, -0.15) is 0 Å². The Labute approximate surface area is 126 Å². The minimum atomic E-state index is 0.487. The highest BCUT2D eigenvalue weighted by molar-refractivity contribution is 9.10. The fourth-order valence-electron chi connectivity index (χ4n) is 3.90. The second-order valence-electron chi connectivity index (χ2n) is 6.51. The molecule has 1 saturated carbocycles. The molecule has 1 fully saturated rings. The van der Waals surface area contributed by atoms with Gasteiger partial charge in [-0.3, -0.25) is 0 Å². The molecule has 1 aromatic rings. The maximum Gasteiger partial charge on any atom is 0.0346 e. The van der Waals surface area contributed by atoms with Crippen molar-refractivity contribution in [1.29, 1.82) is 0 Å². The van der Waals surface area contributed by atoms with Crippen LogP contribution in [0.5, 0.6) is 0 Å². The molecule has 106 valence electrons. The van der Waals surface area contributed by atoms with E-state index in [1.165, 1.54) is 34.9 Å². The standard InChI is InChI=1S/C17H26BrN/c1-11-5-12(2)7-14(6-11)17(19-4)15-8-13(3)9-16(18)10-15/h8-12,14,17,19H,5-7H2,1-4H3. The lowest BCUT2D eigenvalue weighted by atomic mass is 9.72. The van der Waals surface area contributed by atoms with Gasteiger partial charge in [0, 0.05) is 10.5 Å². The zero-order valence-corrected chi connectivity index (χ0v) is 14.1. The molecule has 0 amide bonds. The molecule has 0 bridgehead atoms. The summed E-state index contributed by atoms with van der Waals surface area (Å²) in [6.45, 7) is 6.98. The van der Waals surface area contributed by atoms with Crippen molar-refractivity contribution >= 4 is 15.9 Å². The maximum absolute atomic E-state index is 3.63. The van der Waals surface area contributed by atoms with Crippen LogP contribution in [0.3, 0.4) is 0 Å². The second kappa shape index (κ2) is 6.41. The molecule has 2 heteroatoms. The average molecular weight is 324 g/mol. The third-order valence-corrected chi connectivity index (χ3v) is 4.88. The Morgan fingerprint density at radius 1 is 1.11 bits per heavy atom. The summed E-state index contributed by atoms with van der Waals surface area (Å²) in [6.07, 6.45) is 4.09. The van der Waals surface area contributed by atoms with Gasteiger partial charge in [0.1, 0.15) is 0 Å². The molecule has 2 rings (SSSR count). The minimum absolute atomic E-state index is 0.487. The molecule has 19 heavy (non-hydrogen) atoms. The van der Waals surface area contributed by atoms with Gasteiger partial charge in [0.15, 0.2) is 0 Å². The van der Waals surface area contributed by atoms with E-state index in [0.29, 0.717) is 6.04 Å². The monoisotopic (exact) mass is 323 g/mol. The average Bonchev–Trinajstić information content (AvgIpc) is 2.27. The highest BCUT2D eigenvalue weighted by atomic mass is 79.9. The first-order valence-corrected chi connectivity index (χ1v) is 8.23. The second-order valence-corrected chi connectivity index (χ2v) is 7.42. The van der Waals surface area contributed by atoms with Crippen LogP contribution in [0.2, 0.25) is 0 Å². The number of aryl methyl sites for hydroxylation is 1. The topological polar surface area (TPSA) is 12.0 Å². The molecule has 0 heterocycles.